The summed E-state index contributed by atoms with van der Waals surface area (Å²) in [5.74, 6) is 1.98. The van der Waals surface area contributed by atoms with Crippen LogP contribution in [0.1, 0.15) is 41.8 Å². The predicted octanol–water partition coefficient (Wildman–Crippen LogP) is 2.34. The van der Waals surface area contributed by atoms with Crippen molar-refractivity contribution in [2.75, 3.05) is 19.6 Å². The Labute approximate surface area is 153 Å². The van der Waals surface area contributed by atoms with Crippen molar-refractivity contribution >= 4 is 11.9 Å². The molecule has 0 bridgehead atoms. The van der Waals surface area contributed by atoms with Gasteiger partial charge >= 0.3 is 0 Å². The Bertz CT molecular complexity index is 755. The van der Waals surface area contributed by atoms with Crippen molar-refractivity contribution < 1.29 is 14.3 Å². The third-order valence-electron chi connectivity index (χ3n) is 3.70. The third-order valence-corrected chi connectivity index (χ3v) is 3.70. The first-order valence-electron chi connectivity index (χ1n) is 8.68. The van der Waals surface area contributed by atoms with E-state index < -0.39 is 0 Å². The van der Waals surface area contributed by atoms with Gasteiger partial charge < -0.3 is 25.5 Å². The van der Waals surface area contributed by atoms with Gasteiger partial charge in [-0.3, -0.25) is 9.79 Å². The van der Waals surface area contributed by atoms with Gasteiger partial charge in [-0.1, -0.05) is 12.1 Å². The van der Waals surface area contributed by atoms with Gasteiger partial charge in [0.05, 0.1) is 18.2 Å². The predicted molar refractivity (Wildman–Crippen MR) is 101 cm³/mol. The number of amides is 1. The maximum absolute atomic E-state index is 12.0. The molecule has 0 saturated heterocycles. The van der Waals surface area contributed by atoms with Gasteiger partial charge in [-0.2, -0.15) is 0 Å². The van der Waals surface area contributed by atoms with E-state index in [1.807, 2.05) is 32.9 Å². The van der Waals surface area contributed by atoms with Gasteiger partial charge in [0.2, 0.25) is 0 Å². The first-order valence-corrected chi connectivity index (χ1v) is 8.68. The maximum atomic E-state index is 12.0. The summed E-state index contributed by atoms with van der Waals surface area (Å²) in [5.41, 5.74) is 0.253. The van der Waals surface area contributed by atoms with Crippen molar-refractivity contribution in [1.82, 2.24) is 16.0 Å². The summed E-state index contributed by atoms with van der Waals surface area (Å²) in [6.07, 6.45) is 0. The Balaban J connectivity index is 1.86. The largest absolute Gasteiger partial charge is 0.507 e. The minimum Gasteiger partial charge on any atom is -0.507 e. The highest BCUT2D eigenvalue weighted by Gasteiger charge is 2.12. The zero-order valence-corrected chi connectivity index (χ0v) is 15.4. The molecule has 1 amide bonds. The Kier molecular flexibility index (Phi) is 7.08. The van der Waals surface area contributed by atoms with Crippen LogP contribution in [-0.2, 0) is 0 Å². The molecular weight excluding hydrogens is 332 g/mol. The molecule has 140 valence electrons. The molecule has 2 aromatic rings. The molecular formula is C19H26N4O3. The molecule has 0 radical (unpaired) electrons. The van der Waals surface area contributed by atoms with Crippen molar-refractivity contribution in [2.24, 2.45) is 4.99 Å². The average Bonchev–Trinajstić information content (AvgIpc) is 3.05. The lowest BCUT2D eigenvalue weighted by Gasteiger charge is -2.16. The van der Waals surface area contributed by atoms with Crippen LogP contribution >= 0.6 is 0 Å². The van der Waals surface area contributed by atoms with Crippen LogP contribution in [0.4, 0.5) is 0 Å². The van der Waals surface area contributed by atoms with Crippen LogP contribution in [0, 0.1) is 6.92 Å². The molecule has 2 rings (SSSR count). The minimum atomic E-state index is -0.323. The Morgan fingerprint density at radius 2 is 2.00 bits per heavy atom. The number of aliphatic imine (C=N–C) groups is 1. The van der Waals surface area contributed by atoms with E-state index in [0.29, 0.717) is 19.0 Å². The number of aromatic hydroxyl groups is 1. The van der Waals surface area contributed by atoms with Gasteiger partial charge in [-0.05, 0) is 45.0 Å². The molecule has 0 fully saturated rings. The molecule has 4 N–H and O–H groups in total. The van der Waals surface area contributed by atoms with Gasteiger partial charge in [-0.25, -0.2) is 0 Å². The molecule has 1 unspecified atom stereocenters. The average molecular weight is 358 g/mol. The Hall–Kier alpha value is -2.96. The zero-order valence-electron chi connectivity index (χ0n) is 15.4. The van der Waals surface area contributed by atoms with E-state index in [-0.39, 0.29) is 23.3 Å². The second-order valence-corrected chi connectivity index (χ2v) is 5.85. The van der Waals surface area contributed by atoms with E-state index in [2.05, 4.69) is 20.9 Å². The van der Waals surface area contributed by atoms with Gasteiger partial charge in [0.25, 0.3) is 5.91 Å². The highest BCUT2D eigenvalue weighted by molar-refractivity contribution is 5.96. The number of hydrogen-bond acceptors (Lipinski definition) is 4. The van der Waals surface area contributed by atoms with Crippen molar-refractivity contribution in [3.05, 3.63) is 53.5 Å². The molecule has 1 atom stereocenters. The van der Waals surface area contributed by atoms with Crippen LogP contribution in [0.2, 0.25) is 0 Å². The standard InChI is InChI=1S/C19H26N4O3/c1-4-20-19(23-14(3)17-10-9-13(2)26-17)22-12-11-21-18(25)15-7-5-6-8-16(15)24/h5-10,14,24H,4,11-12H2,1-3H3,(H,21,25)(H2,20,22,23). The quantitative estimate of drug-likeness (QED) is 0.346. The summed E-state index contributed by atoms with van der Waals surface area (Å²) in [6.45, 7) is 7.36. The summed E-state index contributed by atoms with van der Waals surface area (Å²) >= 11 is 0. The number of furan rings is 1. The Morgan fingerprint density at radius 1 is 1.23 bits per heavy atom. The number of rotatable bonds is 7. The third kappa shape index (κ3) is 5.54. The molecule has 26 heavy (non-hydrogen) atoms. The number of carbonyl (C=O) groups is 1. The smallest absolute Gasteiger partial charge is 0.255 e. The van der Waals surface area contributed by atoms with E-state index in [0.717, 1.165) is 18.1 Å². The number of benzene rings is 1. The second kappa shape index (κ2) is 9.50. The number of nitrogens with zero attached hydrogens (tertiary/aromatic N) is 1. The van der Waals surface area contributed by atoms with Crippen LogP contribution in [0.5, 0.6) is 5.75 Å². The summed E-state index contributed by atoms with van der Waals surface area (Å²) in [5, 5.41) is 18.9. The van der Waals surface area contributed by atoms with E-state index in [4.69, 9.17) is 4.42 Å². The monoisotopic (exact) mass is 358 g/mol. The normalized spacial score (nSPS) is 12.5. The molecule has 7 nitrogen and oxygen atoms in total. The molecule has 0 aliphatic carbocycles. The highest BCUT2D eigenvalue weighted by atomic mass is 16.3. The number of guanidine groups is 1. The van der Waals surface area contributed by atoms with E-state index in [1.54, 1.807) is 18.2 Å². The molecule has 1 aromatic carbocycles. The van der Waals surface area contributed by atoms with Gasteiger partial charge in [0.1, 0.15) is 17.3 Å². The summed E-state index contributed by atoms with van der Waals surface area (Å²) in [6, 6.07) is 10.3. The first kappa shape index (κ1) is 19.4. The van der Waals surface area contributed by atoms with Crippen LogP contribution in [0.15, 0.2) is 45.8 Å². The molecule has 0 spiro atoms. The summed E-state index contributed by atoms with van der Waals surface area (Å²) in [7, 11) is 0. The molecule has 0 saturated carbocycles. The SMILES string of the molecule is CCNC(=NCCNC(=O)c1ccccc1O)NC(C)c1ccc(C)o1. The van der Waals surface area contributed by atoms with Crippen molar-refractivity contribution in [2.45, 2.75) is 26.8 Å². The minimum absolute atomic E-state index is 0.0302. The molecule has 7 heteroatoms. The zero-order chi connectivity index (χ0) is 18.9. The lowest BCUT2D eigenvalue weighted by molar-refractivity contribution is 0.0952. The van der Waals surface area contributed by atoms with E-state index in [1.165, 1.54) is 6.07 Å². The number of para-hydroxylation sites is 1. The Morgan fingerprint density at radius 3 is 2.65 bits per heavy atom. The van der Waals surface area contributed by atoms with Crippen LogP contribution in [0.25, 0.3) is 0 Å². The van der Waals surface area contributed by atoms with Crippen molar-refractivity contribution in [3.8, 4) is 5.75 Å². The number of phenolic OH excluding ortho intramolecular Hbond substituents is 1. The topological polar surface area (TPSA) is 98.9 Å². The van der Waals surface area contributed by atoms with Crippen molar-refractivity contribution in [1.29, 1.82) is 0 Å². The molecule has 0 aliphatic rings. The van der Waals surface area contributed by atoms with E-state index >= 15 is 0 Å². The lowest BCUT2D eigenvalue weighted by atomic mass is 10.2. The second-order valence-electron chi connectivity index (χ2n) is 5.85. The molecule has 0 aliphatic heterocycles. The highest BCUT2D eigenvalue weighted by Crippen LogP contribution is 2.15. The summed E-state index contributed by atoms with van der Waals surface area (Å²) < 4.78 is 5.62. The fourth-order valence-electron chi connectivity index (χ4n) is 2.38. The number of hydrogen-bond donors (Lipinski definition) is 4. The number of aryl methyl sites for hydroxylation is 1. The lowest BCUT2D eigenvalue weighted by Crippen LogP contribution is -2.39. The summed E-state index contributed by atoms with van der Waals surface area (Å²) in [4.78, 5) is 16.5. The van der Waals surface area contributed by atoms with Crippen LogP contribution in [0.3, 0.4) is 0 Å². The molecule has 1 aromatic heterocycles. The maximum Gasteiger partial charge on any atom is 0.255 e. The van der Waals surface area contributed by atoms with E-state index in [9.17, 15) is 9.90 Å². The fourth-order valence-corrected chi connectivity index (χ4v) is 2.38. The number of nitrogens with one attached hydrogen (secondary N) is 3. The van der Waals surface area contributed by atoms with Crippen LogP contribution < -0.4 is 16.0 Å². The number of phenols is 1. The first-order chi connectivity index (χ1) is 12.5. The van der Waals surface area contributed by atoms with Crippen LogP contribution in [-0.4, -0.2) is 36.6 Å². The molecule has 1 heterocycles. The van der Waals surface area contributed by atoms with Crippen molar-refractivity contribution in [3.63, 3.8) is 0 Å². The van der Waals surface area contributed by atoms with Gasteiger partial charge in [-0.15, -0.1) is 0 Å². The fraction of sp³-hybridized carbons (Fsp3) is 0.368. The van der Waals surface area contributed by atoms with Gasteiger partial charge in [0.15, 0.2) is 5.96 Å². The van der Waals surface area contributed by atoms with Gasteiger partial charge in [0, 0.05) is 13.1 Å². The number of carbonyl (C=O) groups excluding carboxylic acids is 1.